The van der Waals surface area contributed by atoms with E-state index in [2.05, 4.69) is 32.9 Å². The third-order valence-corrected chi connectivity index (χ3v) is 3.59. The fraction of sp³-hybridized carbons (Fsp3) is 0.316. The Morgan fingerprint density at radius 2 is 1.62 bits per heavy atom. The zero-order chi connectivity index (χ0) is 15.5. The normalized spacial score (nSPS) is 11.2. The quantitative estimate of drug-likeness (QED) is 0.776. The summed E-state index contributed by atoms with van der Waals surface area (Å²) in [6.07, 6.45) is 0.394. The van der Waals surface area contributed by atoms with Gasteiger partial charge in [0, 0.05) is 6.42 Å². The molecule has 0 bridgehead atoms. The van der Waals surface area contributed by atoms with E-state index in [1.807, 2.05) is 36.4 Å². The lowest BCUT2D eigenvalue weighted by molar-refractivity contribution is 0.0990. The van der Waals surface area contributed by atoms with E-state index in [9.17, 15) is 4.79 Å². The molecule has 0 fully saturated rings. The van der Waals surface area contributed by atoms with Gasteiger partial charge in [-0.15, -0.1) is 0 Å². The lowest BCUT2D eigenvalue weighted by atomic mass is 9.86. The summed E-state index contributed by atoms with van der Waals surface area (Å²) < 4.78 is 5.25. The second-order valence-corrected chi connectivity index (χ2v) is 6.25. The Hall–Kier alpha value is -2.09. The first-order valence-electron chi connectivity index (χ1n) is 7.17. The first kappa shape index (κ1) is 15.3. The first-order chi connectivity index (χ1) is 9.91. The van der Waals surface area contributed by atoms with Gasteiger partial charge in [0.1, 0.15) is 5.75 Å². The van der Waals surface area contributed by atoms with E-state index >= 15 is 0 Å². The molecular formula is C19H22O2. The molecule has 0 aliphatic heterocycles. The molecule has 2 rings (SSSR count). The number of carbonyl (C=O) groups excluding carboxylic acids is 1. The molecule has 0 N–H and O–H groups in total. The Kier molecular flexibility index (Phi) is 4.46. The first-order valence-corrected chi connectivity index (χ1v) is 7.17. The van der Waals surface area contributed by atoms with Crippen molar-refractivity contribution < 1.29 is 9.53 Å². The Labute approximate surface area is 126 Å². The topological polar surface area (TPSA) is 26.3 Å². The second kappa shape index (κ2) is 6.13. The maximum Gasteiger partial charge on any atom is 0.170 e. The van der Waals surface area contributed by atoms with Crippen molar-refractivity contribution in [2.45, 2.75) is 32.6 Å². The summed E-state index contributed by atoms with van der Waals surface area (Å²) in [7, 11) is 1.59. The van der Waals surface area contributed by atoms with Gasteiger partial charge in [-0.1, -0.05) is 57.2 Å². The van der Waals surface area contributed by atoms with Crippen LogP contribution in [0.1, 0.15) is 42.3 Å². The summed E-state index contributed by atoms with van der Waals surface area (Å²) >= 11 is 0. The molecule has 2 heteroatoms. The van der Waals surface area contributed by atoms with Crippen molar-refractivity contribution in [1.82, 2.24) is 0 Å². The maximum absolute atomic E-state index is 12.4. The molecule has 21 heavy (non-hydrogen) atoms. The zero-order valence-electron chi connectivity index (χ0n) is 13.1. The molecule has 0 aliphatic carbocycles. The number of hydrogen-bond donors (Lipinski definition) is 0. The molecule has 0 aliphatic rings. The van der Waals surface area contributed by atoms with Crippen LogP contribution in [0.3, 0.4) is 0 Å². The van der Waals surface area contributed by atoms with Crippen LogP contribution in [0.2, 0.25) is 0 Å². The molecule has 0 atom stereocenters. The molecule has 0 aromatic heterocycles. The molecule has 2 aromatic rings. The van der Waals surface area contributed by atoms with Gasteiger partial charge in [-0.05, 0) is 28.7 Å². The largest absolute Gasteiger partial charge is 0.496 e. The highest BCUT2D eigenvalue weighted by Gasteiger charge is 2.15. The third kappa shape index (κ3) is 3.72. The third-order valence-electron chi connectivity index (χ3n) is 3.59. The van der Waals surface area contributed by atoms with Gasteiger partial charge < -0.3 is 4.74 Å². The molecule has 0 spiro atoms. The molecule has 0 saturated carbocycles. The SMILES string of the molecule is COc1ccccc1C(=O)Cc1ccc(C(C)(C)C)cc1. The number of para-hydroxylation sites is 1. The summed E-state index contributed by atoms with van der Waals surface area (Å²) in [4.78, 5) is 12.4. The lowest BCUT2D eigenvalue weighted by Crippen LogP contribution is -2.11. The van der Waals surface area contributed by atoms with Gasteiger partial charge in [-0.3, -0.25) is 4.79 Å². The number of benzene rings is 2. The molecule has 2 aromatic carbocycles. The molecule has 0 amide bonds. The fourth-order valence-corrected chi connectivity index (χ4v) is 2.28. The summed E-state index contributed by atoms with van der Waals surface area (Å²) in [6.45, 7) is 6.55. The van der Waals surface area contributed by atoms with Crippen molar-refractivity contribution in [3.05, 3.63) is 65.2 Å². The van der Waals surface area contributed by atoms with E-state index in [0.717, 1.165) is 5.56 Å². The zero-order valence-corrected chi connectivity index (χ0v) is 13.1. The fourth-order valence-electron chi connectivity index (χ4n) is 2.28. The molecule has 0 heterocycles. The van der Waals surface area contributed by atoms with Crippen LogP contribution in [-0.4, -0.2) is 12.9 Å². The lowest BCUT2D eigenvalue weighted by Gasteiger charge is -2.19. The second-order valence-electron chi connectivity index (χ2n) is 6.25. The van der Waals surface area contributed by atoms with Gasteiger partial charge in [0.2, 0.25) is 0 Å². The van der Waals surface area contributed by atoms with Crippen LogP contribution in [0.5, 0.6) is 5.75 Å². The van der Waals surface area contributed by atoms with Crippen LogP contribution in [0, 0.1) is 0 Å². The van der Waals surface area contributed by atoms with E-state index in [-0.39, 0.29) is 11.2 Å². The summed E-state index contributed by atoms with van der Waals surface area (Å²) in [5.41, 5.74) is 3.07. The van der Waals surface area contributed by atoms with Gasteiger partial charge in [0.25, 0.3) is 0 Å². The van der Waals surface area contributed by atoms with Crippen LogP contribution < -0.4 is 4.74 Å². The van der Waals surface area contributed by atoms with Crippen LogP contribution in [-0.2, 0) is 11.8 Å². The molecule has 0 saturated heterocycles. The summed E-state index contributed by atoms with van der Waals surface area (Å²) in [5.74, 6) is 0.713. The predicted molar refractivity (Wildman–Crippen MR) is 86.2 cm³/mol. The number of methoxy groups -OCH3 is 1. The average molecular weight is 282 g/mol. The van der Waals surface area contributed by atoms with Gasteiger partial charge in [0.05, 0.1) is 12.7 Å². The number of ether oxygens (including phenoxy) is 1. The minimum absolute atomic E-state index is 0.0796. The summed E-state index contributed by atoms with van der Waals surface area (Å²) in [6, 6.07) is 15.6. The van der Waals surface area contributed by atoms with Crippen molar-refractivity contribution >= 4 is 5.78 Å². The minimum Gasteiger partial charge on any atom is -0.496 e. The van der Waals surface area contributed by atoms with E-state index in [1.54, 1.807) is 7.11 Å². The number of carbonyl (C=O) groups is 1. The van der Waals surface area contributed by atoms with Crippen LogP contribution >= 0.6 is 0 Å². The Bertz CT molecular complexity index is 619. The van der Waals surface area contributed by atoms with Crippen LogP contribution in [0.15, 0.2) is 48.5 Å². The van der Waals surface area contributed by atoms with Gasteiger partial charge in [-0.2, -0.15) is 0 Å². The number of hydrogen-bond acceptors (Lipinski definition) is 2. The molecular weight excluding hydrogens is 260 g/mol. The van der Waals surface area contributed by atoms with Gasteiger partial charge in [-0.25, -0.2) is 0 Å². The van der Waals surface area contributed by atoms with Crippen molar-refractivity contribution in [3.8, 4) is 5.75 Å². The van der Waals surface area contributed by atoms with Crippen molar-refractivity contribution in [2.24, 2.45) is 0 Å². The highest BCUT2D eigenvalue weighted by molar-refractivity contribution is 5.99. The van der Waals surface area contributed by atoms with Crippen LogP contribution in [0.4, 0.5) is 0 Å². The molecule has 0 unspecified atom stereocenters. The Morgan fingerprint density at radius 3 is 2.19 bits per heavy atom. The minimum atomic E-state index is 0.0796. The highest BCUT2D eigenvalue weighted by atomic mass is 16.5. The van der Waals surface area contributed by atoms with Gasteiger partial charge >= 0.3 is 0 Å². The molecule has 2 nitrogen and oxygen atoms in total. The maximum atomic E-state index is 12.4. The standard InChI is InChI=1S/C19H22O2/c1-19(2,3)15-11-9-14(10-12-15)13-17(20)16-7-5-6-8-18(16)21-4/h5-12H,13H2,1-4H3. The van der Waals surface area contributed by atoms with Crippen molar-refractivity contribution in [2.75, 3.05) is 7.11 Å². The summed E-state index contributed by atoms with van der Waals surface area (Å²) in [5, 5.41) is 0. The van der Waals surface area contributed by atoms with E-state index < -0.39 is 0 Å². The number of Topliss-reactive ketones (excluding diaryl/α,β-unsaturated/α-hetero) is 1. The number of rotatable bonds is 4. The Balaban J connectivity index is 2.16. The average Bonchev–Trinajstić information content (AvgIpc) is 2.46. The molecule has 110 valence electrons. The van der Waals surface area contributed by atoms with Gasteiger partial charge in [0.15, 0.2) is 5.78 Å². The van der Waals surface area contributed by atoms with E-state index in [4.69, 9.17) is 4.74 Å². The number of ketones is 1. The van der Waals surface area contributed by atoms with Crippen LogP contribution in [0.25, 0.3) is 0 Å². The van der Waals surface area contributed by atoms with E-state index in [0.29, 0.717) is 17.7 Å². The van der Waals surface area contributed by atoms with Crippen molar-refractivity contribution in [3.63, 3.8) is 0 Å². The Morgan fingerprint density at radius 1 is 1.00 bits per heavy atom. The smallest absolute Gasteiger partial charge is 0.170 e. The van der Waals surface area contributed by atoms with E-state index in [1.165, 1.54) is 5.56 Å². The predicted octanol–water partition coefficient (Wildman–Crippen LogP) is 4.42. The molecule has 0 radical (unpaired) electrons. The highest BCUT2D eigenvalue weighted by Crippen LogP contribution is 2.23. The van der Waals surface area contributed by atoms with Crippen molar-refractivity contribution in [1.29, 1.82) is 0 Å². The monoisotopic (exact) mass is 282 g/mol.